The highest BCUT2D eigenvalue weighted by atomic mass is 16.5. The van der Waals surface area contributed by atoms with Crippen molar-refractivity contribution in [1.29, 1.82) is 0 Å². The lowest BCUT2D eigenvalue weighted by atomic mass is 10.2. The maximum Gasteiger partial charge on any atom is 0.283 e. The van der Waals surface area contributed by atoms with Crippen LogP contribution in [-0.2, 0) is 6.54 Å². The van der Waals surface area contributed by atoms with Gasteiger partial charge in [-0.15, -0.1) is 0 Å². The fraction of sp³-hybridized carbons (Fsp3) is 0.435. The molecule has 2 aliphatic rings. The number of anilines is 1. The van der Waals surface area contributed by atoms with E-state index in [2.05, 4.69) is 30.2 Å². The van der Waals surface area contributed by atoms with Crippen LogP contribution in [0.3, 0.4) is 0 Å². The van der Waals surface area contributed by atoms with Gasteiger partial charge in [-0.2, -0.15) is 4.99 Å². The smallest absolute Gasteiger partial charge is 0.283 e. The number of benzene rings is 1. The second-order valence-electron chi connectivity index (χ2n) is 8.35. The second kappa shape index (κ2) is 9.74. The summed E-state index contributed by atoms with van der Waals surface area (Å²) in [6.45, 7) is 4.05. The molecule has 0 saturated carbocycles. The van der Waals surface area contributed by atoms with Crippen LogP contribution in [0.1, 0.15) is 23.2 Å². The van der Waals surface area contributed by atoms with E-state index >= 15 is 0 Å². The van der Waals surface area contributed by atoms with Crippen molar-refractivity contribution >= 4 is 22.6 Å². The first-order valence-electron chi connectivity index (χ1n) is 11.4. The van der Waals surface area contributed by atoms with E-state index < -0.39 is 12.0 Å². The topological polar surface area (TPSA) is 127 Å². The van der Waals surface area contributed by atoms with Crippen LogP contribution >= 0.6 is 0 Å². The maximum atomic E-state index is 12.7. The molecule has 4 heterocycles. The number of carbonyl (C=O) groups is 1. The summed E-state index contributed by atoms with van der Waals surface area (Å²) in [5.41, 5.74) is 1.05. The molecule has 11 heteroatoms. The first kappa shape index (κ1) is 22.2. The van der Waals surface area contributed by atoms with Crippen molar-refractivity contribution in [3.05, 3.63) is 42.0 Å². The molecule has 0 bridgehead atoms. The van der Waals surface area contributed by atoms with Gasteiger partial charge in [0.2, 0.25) is 5.62 Å². The largest absolute Gasteiger partial charge is 0.491 e. The van der Waals surface area contributed by atoms with Crippen molar-refractivity contribution in [1.82, 2.24) is 24.4 Å². The average molecular weight is 466 g/mol. The van der Waals surface area contributed by atoms with E-state index in [0.29, 0.717) is 36.6 Å². The SMILES string of the molecule is COc1c(OC[C@H](O)CN2CCCC2)ccc2c3n(c(=NC(=O)c4cncnc4)nc12)CCN3. The predicted octanol–water partition coefficient (Wildman–Crippen LogP) is 0.837. The summed E-state index contributed by atoms with van der Waals surface area (Å²) in [4.78, 5) is 31.6. The molecule has 0 aliphatic carbocycles. The Labute approximate surface area is 196 Å². The zero-order valence-corrected chi connectivity index (χ0v) is 19.0. The molecule has 1 atom stereocenters. The molecule has 11 nitrogen and oxygen atoms in total. The predicted molar refractivity (Wildman–Crippen MR) is 124 cm³/mol. The van der Waals surface area contributed by atoms with Crippen LogP contribution < -0.4 is 20.4 Å². The number of amides is 1. The number of nitrogens with zero attached hydrogens (tertiary/aromatic N) is 6. The van der Waals surface area contributed by atoms with Crippen molar-refractivity contribution in [3.8, 4) is 11.5 Å². The molecule has 0 spiro atoms. The fourth-order valence-electron chi connectivity index (χ4n) is 4.41. The average Bonchev–Trinajstić information content (AvgIpc) is 3.55. The third-order valence-corrected chi connectivity index (χ3v) is 6.01. The Balaban J connectivity index is 1.49. The Kier molecular flexibility index (Phi) is 6.37. The lowest BCUT2D eigenvalue weighted by Gasteiger charge is -2.20. The van der Waals surface area contributed by atoms with Crippen LogP contribution in [-0.4, -0.2) is 81.4 Å². The van der Waals surface area contributed by atoms with Gasteiger partial charge in [-0.05, 0) is 38.1 Å². The number of ether oxygens (including phenoxy) is 2. The fourth-order valence-corrected chi connectivity index (χ4v) is 4.41. The molecule has 1 aromatic carbocycles. The Morgan fingerprint density at radius 1 is 1.24 bits per heavy atom. The van der Waals surface area contributed by atoms with E-state index in [1.165, 1.54) is 31.6 Å². The zero-order chi connectivity index (χ0) is 23.5. The molecular weight excluding hydrogens is 438 g/mol. The minimum atomic E-state index is -0.611. The number of aromatic nitrogens is 4. The van der Waals surface area contributed by atoms with Crippen LogP contribution in [0.4, 0.5) is 5.82 Å². The van der Waals surface area contributed by atoms with Gasteiger partial charge in [-0.3, -0.25) is 9.36 Å². The van der Waals surface area contributed by atoms with Crippen molar-refractivity contribution in [2.75, 3.05) is 45.2 Å². The van der Waals surface area contributed by atoms with E-state index in [4.69, 9.17) is 9.47 Å². The summed E-state index contributed by atoms with van der Waals surface area (Å²) < 4.78 is 13.5. The minimum absolute atomic E-state index is 0.139. The van der Waals surface area contributed by atoms with Gasteiger partial charge >= 0.3 is 0 Å². The van der Waals surface area contributed by atoms with Gasteiger partial charge in [0, 0.05) is 37.4 Å². The second-order valence-corrected chi connectivity index (χ2v) is 8.35. The highest BCUT2D eigenvalue weighted by Gasteiger charge is 2.22. The number of methoxy groups -OCH3 is 1. The van der Waals surface area contributed by atoms with Crippen molar-refractivity contribution in [2.24, 2.45) is 4.99 Å². The zero-order valence-electron chi connectivity index (χ0n) is 19.0. The standard InChI is InChI=1S/C23H27N7O4/c1-33-20-18(34-13-16(31)12-29-7-2-3-8-29)5-4-17-19(20)27-23(30-9-6-26-21(17)30)28-22(32)15-10-24-14-25-11-15/h4-5,10-11,14,16,26,31H,2-3,6-9,12-13H2,1H3/t16-/m1/s1. The summed E-state index contributed by atoms with van der Waals surface area (Å²) in [5.74, 6) is 1.22. The lowest BCUT2D eigenvalue weighted by molar-refractivity contribution is 0.0748. The Hall–Kier alpha value is -3.57. The molecule has 1 fully saturated rings. The van der Waals surface area contributed by atoms with E-state index in [0.717, 1.165) is 24.3 Å². The molecule has 3 aromatic rings. The van der Waals surface area contributed by atoms with Crippen LogP contribution in [0, 0.1) is 0 Å². The Bertz CT molecular complexity index is 1260. The quantitative estimate of drug-likeness (QED) is 0.522. The third-order valence-electron chi connectivity index (χ3n) is 6.01. The monoisotopic (exact) mass is 465 g/mol. The van der Waals surface area contributed by atoms with Gasteiger partial charge < -0.3 is 24.8 Å². The van der Waals surface area contributed by atoms with Crippen molar-refractivity contribution in [3.63, 3.8) is 0 Å². The number of hydrogen-bond acceptors (Lipinski definition) is 9. The van der Waals surface area contributed by atoms with E-state index in [1.807, 2.05) is 16.7 Å². The Morgan fingerprint density at radius 3 is 2.79 bits per heavy atom. The normalized spacial score (nSPS) is 16.9. The van der Waals surface area contributed by atoms with Crippen LogP contribution in [0.2, 0.25) is 0 Å². The van der Waals surface area contributed by atoms with Crippen LogP contribution in [0.5, 0.6) is 11.5 Å². The molecule has 0 unspecified atom stereocenters. The number of β-amino-alcohol motifs (C(OH)–C–C–N with tert-alkyl or cyclic N) is 1. The number of carbonyl (C=O) groups excluding carboxylic acids is 1. The van der Waals surface area contributed by atoms with E-state index in [9.17, 15) is 9.90 Å². The Morgan fingerprint density at radius 2 is 2.03 bits per heavy atom. The number of fused-ring (bicyclic) bond motifs is 3. The summed E-state index contributed by atoms with van der Waals surface area (Å²) >= 11 is 0. The summed E-state index contributed by atoms with van der Waals surface area (Å²) in [5, 5.41) is 14.6. The number of likely N-dealkylation sites (tertiary alicyclic amines) is 1. The van der Waals surface area contributed by atoms with E-state index in [-0.39, 0.29) is 17.8 Å². The van der Waals surface area contributed by atoms with Gasteiger partial charge in [0.15, 0.2) is 11.5 Å². The molecule has 2 aromatic heterocycles. The van der Waals surface area contributed by atoms with Crippen LogP contribution in [0.15, 0.2) is 35.8 Å². The molecule has 34 heavy (non-hydrogen) atoms. The third kappa shape index (κ3) is 4.44. The number of rotatable bonds is 7. The number of aliphatic hydroxyl groups is 1. The molecule has 0 radical (unpaired) electrons. The van der Waals surface area contributed by atoms with Crippen molar-refractivity contribution in [2.45, 2.75) is 25.5 Å². The van der Waals surface area contributed by atoms with Gasteiger partial charge in [-0.1, -0.05) is 0 Å². The molecule has 1 amide bonds. The number of nitrogens with one attached hydrogen (secondary N) is 1. The molecule has 2 aliphatic heterocycles. The summed E-state index contributed by atoms with van der Waals surface area (Å²) in [6.07, 6.45) is 5.92. The van der Waals surface area contributed by atoms with Gasteiger partial charge in [0.05, 0.1) is 12.7 Å². The summed E-state index contributed by atoms with van der Waals surface area (Å²) in [7, 11) is 1.54. The van der Waals surface area contributed by atoms with Crippen LogP contribution in [0.25, 0.3) is 10.9 Å². The molecule has 1 saturated heterocycles. The first-order valence-corrected chi connectivity index (χ1v) is 11.4. The molecule has 2 N–H and O–H groups in total. The lowest BCUT2D eigenvalue weighted by Crippen LogP contribution is -2.33. The number of aliphatic hydroxyl groups excluding tert-OH is 1. The van der Waals surface area contributed by atoms with Gasteiger partial charge in [0.25, 0.3) is 5.91 Å². The number of hydrogen-bond donors (Lipinski definition) is 2. The molecule has 178 valence electrons. The van der Waals surface area contributed by atoms with Crippen molar-refractivity contribution < 1.29 is 19.4 Å². The first-order chi connectivity index (χ1) is 16.6. The highest BCUT2D eigenvalue weighted by molar-refractivity contribution is 5.96. The minimum Gasteiger partial charge on any atom is -0.491 e. The molecule has 5 rings (SSSR count). The highest BCUT2D eigenvalue weighted by Crippen LogP contribution is 2.37. The van der Waals surface area contributed by atoms with Gasteiger partial charge in [0.1, 0.15) is 30.4 Å². The van der Waals surface area contributed by atoms with Gasteiger partial charge in [-0.25, -0.2) is 15.0 Å². The summed E-state index contributed by atoms with van der Waals surface area (Å²) in [6, 6.07) is 3.71. The van der Waals surface area contributed by atoms with E-state index in [1.54, 1.807) is 7.11 Å². The molecular formula is C23H27N7O4. The maximum absolute atomic E-state index is 12.7.